The summed E-state index contributed by atoms with van der Waals surface area (Å²) in [5.74, 6) is -5.42. The maximum Gasteiger partial charge on any atom is 0.326 e. The van der Waals surface area contributed by atoms with Crippen LogP contribution in [0.25, 0.3) is 0 Å². The summed E-state index contributed by atoms with van der Waals surface area (Å²) in [5.41, 5.74) is 6.17. The van der Waals surface area contributed by atoms with E-state index >= 15 is 0 Å². The number of benzene rings is 1. The smallest absolute Gasteiger partial charge is 0.326 e. The summed E-state index contributed by atoms with van der Waals surface area (Å²) in [6, 6.07) is 0.585. The molecule has 0 aliphatic rings. The van der Waals surface area contributed by atoms with Crippen LogP contribution in [0.3, 0.4) is 0 Å². The van der Waals surface area contributed by atoms with E-state index in [0.29, 0.717) is 12.0 Å². The van der Waals surface area contributed by atoms with Crippen molar-refractivity contribution in [3.63, 3.8) is 0 Å². The van der Waals surface area contributed by atoms with Gasteiger partial charge in [0.25, 0.3) is 0 Å². The number of amides is 3. The number of aliphatic carboxylic acids is 2. The molecule has 5 unspecified atom stereocenters. The first kappa shape index (κ1) is 30.3. The molecule has 3 amide bonds. The molecule has 0 radical (unpaired) electrons. The van der Waals surface area contributed by atoms with Gasteiger partial charge in [-0.3, -0.25) is 19.2 Å². The minimum absolute atomic E-state index is 0.00239. The molecular weight excluding hydrogens is 476 g/mol. The predicted molar refractivity (Wildman–Crippen MR) is 127 cm³/mol. The summed E-state index contributed by atoms with van der Waals surface area (Å²) in [6.45, 7) is 2.60. The molecule has 0 bridgehead atoms. The van der Waals surface area contributed by atoms with Crippen LogP contribution in [-0.2, 0) is 30.4 Å². The summed E-state index contributed by atoms with van der Waals surface area (Å²) in [6.07, 6.45) is -0.192. The highest BCUT2D eigenvalue weighted by molar-refractivity contribution is 5.94. The lowest BCUT2D eigenvalue weighted by atomic mass is 9.97. The fourth-order valence-corrected chi connectivity index (χ4v) is 3.17. The van der Waals surface area contributed by atoms with Gasteiger partial charge in [0, 0.05) is 12.8 Å². The van der Waals surface area contributed by atoms with Crippen molar-refractivity contribution in [3.8, 4) is 5.75 Å². The Balaban J connectivity index is 2.91. The largest absolute Gasteiger partial charge is 0.508 e. The van der Waals surface area contributed by atoms with Crippen molar-refractivity contribution in [2.24, 2.45) is 11.7 Å². The molecule has 0 spiro atoms. The van der Waals surface area contributed by atoms with Crippen molar-refractivity contribution in [1.29, 1.82) is 0 Å². The van der Waals surface area contributed by atoms with Gasteiger partial charge >= 0.3 is 11.9 Å². The van der Waals surface area contributed by atoms with Crippen molar-refractivity contribution in [3.05, 3.63) is 29.8 Å². The lowest BCUT2D eigenvalue weighted by Crippen LogP contribution is -2.59. The third-order valence-electron chi connectivity index (χ3n) is 5.61. The van der Waals surface area contributed by atoms with Crippen LogP contribution in [-0.4, -0.2) is 80.9 Å². The zero-order valence-electron chi connectivity index (χ0n) is 20.1. The van der Waals surface area contributed by atoms with E-state index < -0.39 is 66.4 Å². The lowest BCUT2D eigenvalue weighted by molar-refractivity contribution is -0.142. The lowest BCUT2D eigenvalue weighted by Gasteiger charge is -2.27. The van der Waals surface area contributed by atoms with Crippen LogP contribution < -0.4 is 21.7 Å². The molecule has 13 nitrogen and oxygen atoms in total. The maximum atomic E-state index is 13.0. The number of phenolic OH excluding ortho intramolecular Hbond substituents is 1. The number of carboxylic acid groups (broad SMARTS) is 2. The van der Waals surface area contributed by atoms with Gasteiger partial charge in [-0.1, -0.05) is 32.4 Å². The second-order valence-corrected chi connectivity index (χ2v) is 8.42. The summed E-state index contributed by atoms with van der Waals surface area (Å²) >= 11 is 0. The van der Waals surface area contributed by atoms with Gasteiger partial charge in [0.2, 0.25) is 17.7 Å². The van der Waals surface area contributed by atoms with Crippen LogP contribution in [0.4, 0.5) is 0 Å². The van der Waals surface area contributed by atoms with Gasteiger partial charge in [0.15, 0.2) is 0 Å². The van der Waals surface area contributed by atoms with Crippen LogP contribution in [0.5, 0.6) is 5.75 Å². The molecule has 0 aliphatic heterocycles. The van der Waals surface area contributed by atoms with Crippen molar-refractivity contribution >= 4 is 29.7 Å². The number of nitrogens with one attached hydrogen (secondary N) is 3. The first-order valence-corrected chi connectivity index (χ1v) is 11.4. The summed E-state index contributed by atoms with van der Waals surface area (Å²) < 4.78 is 0. The van der Waals surface area contributed by atoms with Crippen molar-refractivity contribution in [2.45, 2.75) is 63.7 Å². The minimum Gasteiger partial charge on any atom is -0.508 e. The zero-order chi connectivity index (χ0) is 27.4. The number of hydrogen-bond acceptors (Lipinski definition) is 8. The number of aliphatic hydroxyl groups is 1. The molecule has 9 N–H and O–H groups in total. The van der Waals surface area contributed by atoms with E-state index in [2.05, 4.69) is 16.0 Å². The predicted octanol–water partition coefficient (Wildman–Crippen LogP) is -1.30. The molecule has 0 saturated carbocycles. The maximum absolute atomic E-state index is 13.0. The van der Waals surface area contributed by atoms with Crippen molar-refractivity contribution in [2.75, 3.05) is 6.61 Å². The van der Waals surface area contributed by atoms with E-state index in [-0.39, 0.29) is 25.0 Å². The van der Waals surface area contributed by atoms with Gasteiger partial charge in [0.1, 0.15) is 23.9 Å². The fraction of sp³-hybridized carbons (Fsp3) is 0.522. The average molecular weight is 511 g/mol. The Labute approximate surface area is 208 Å². The molecule has 0 aliphatic carbocycles. The number of carboxylic acids is 2. The Morgan fingerprint density at radius 2 is 1.50 bits per heavy atom. The number of rotatable bonds is 15. The van der Waals surface area contributed by atoms with Crippen LogP contribution in [0.1, 0.15) is 38.7 Å². The average Bonchev–Trinajstić information content (AvgIpc) is 2.83. The molecular formula is C23H34N4O9. The van der Waals surface area contributed by atoms with E-state index in [0.717, 1.165) is 0 Å². The highest BCUT2D eigenvalue weighted by atomic mass is 16.4. The second kappa shape index (κ2) is 14.6. The molecule has 5 atom stereocenters. The van der Waals surface area contributed by atoms with Crippen molar-refractivity contribution in [1.82, 2.24) is 16.0 Å². The van der Waals surface area contributed by atoms with Crippen molar-refractivity contribution < 1.29 is 44.4 Å². The first-order chi connectivity index (χ1) is 16.9. The van der Waals surface area contributed by atoms with E-state index in [9.17, 15) is 39.3 Å². The number of hydrogen-bond donors (Lipinski definition) is 8. The molecule has 0 fully saturated rings. The van der Waals surface area contributed by atoms with E-state index in [4.69, 9.17) is 10.8 Å². The molecule has 13 heteroatoms. The monoisotopic (exact) mass is 510 g/mol. The SMILES string of the molecule is CCC(C)C(NC(=O)C(CO)NC(=O)C(N)CCC(=O)O)C(=O)NC(Cc1ccc(O)cc1)C(=O)O. The highest BCUT2D eigenvalue weighted by Gasteiger charge is 2.32. The fourth-order valence-electron chi connectivity index (χ4n) is 3.17. The molecule has 0 aromatic heterocycles. The van der Waals surface area contributed by atoms with E-state index in [1.807, 2.05) is 0 Å². The van der Waals surface area contributed by atoms with E-state index in [1.54, 1.807) is 13.8 Å². The standard InChI is InChI=1S/C23H34N4O9/c1-3-12(2)19(22(34)25-16(23(35)36)10-13-4-6-14(29)7-5-13)27-21(33)17(11-28)26-20(32)15(24)8-9-18(30)31/h4-7,12,15-17,19,28-29H,3,8-11,24H2,1-2H3,(H,25,34)(H,26,32)(H,27,33)(H,30,31)(H,35,36). The van der Waals surface area contributed by atoms with Gasteiger partial charge in [-0.2, -0.15) is 0 Å². The van der Waals surface area contributed by atoms with Crippen LogP contribution in [0, 0.1) is 5.92 Å². The first-order valence-electron chi connectivity index (χ1n) is 11.4. The van der Waals surface area contributed by atoms with Gasteiger partial charge in [0.05, 0.1) is 12.6 Å². The normalized spacial score (nSPS) is 15.0. The van der Waals surface area contributed by atoms with Gasteiger partial charge in [-0.15, -0.1) is 0 Å². The second-order valence-electron chi connectivity index (χ2n) is 8.42. The molecule has 36 heavy (non-hydrogen) atoms. The summed E-state index contributed by atoms with van der Waals surface area (Å²) in [4.78, 5) is 60.3. The Kier molecular flexibility index (Phi) is 12.3. The number of aliphatic hydroxyl groups excluding tert-OH is 1. The number of nitrogens with two attached hydrogens (primary N) is 1. The van der Waals surface area contributed by atoms with Gasteiger partial charge in [-0.05, 0) is 30.0 Å². The molecule has 1 rings (SSSR count). The molecule has 1 aromatic carbocycles. The summed E-state index contributed by atoms with van der Waals surface area (Å²) in [7, 11) is 0. The number of carbonyl (C=O) groups is 5. The molecule has 0 saturated heterocycles. The summed E-state index contributed by atoms with van der Waals surface area (Å²) in [5, 5.41) is 44.3. The molecule has 200 valence electrons. The third-order valence-corrected chi connectivity index (χ3v) is 5.61. The number of carbonyl (C=O) groups excluding carboxylic acids is 3. The Morgan fingerprint density at radius 1 is 0.917 bits per heavy atom. The topological polar surface area (TPSA) is 228 Å². The zero-order valence-corrected chi connectivity index (χ0v) is 20.1. The van der Waals surface area contributed by atoms with Crippen LogP contribution in [0.2, 0.25) is 0 Å². The Morgan fingerprint density at radius 3 is 2.00 bits per heavy atom. The molecule has 0 heterocycles. The third kappa shape index (κ3) is 9.88. The number of aromatic hydroxyl groups is 1. The van der Waals surface area contributed by atoms with Crippen LogP contribution >= 0.6 is 0 Å². The number of phenols is 1. The highest BCUT2D eigenvalue weighted by Crippen LogP contribution is 2.13. The van der Waals surface area contributed by atoms with Crippen LogP contribution in [0.15, 0.2) is 24.3 Å². The molecule has 1 aromatic rings. The minimum atomic E-state index is -1.47. The Hall–Kier alpha value is -3.71. The van der Waals surface area contributed by atoms with Gasteiger partial charge in [-0.25, -0.2) is 4.79 Å². The van der Waals surface area contributed by atoms with E-state index in [1.165, 1.54) is 24.3 Å². The Bertz CT molecular complexity index is 923. The van der Waals surface area contributed by atoms with Gasteiger partial charge < -0.3 is 42.1 Å². The quantitative estimate of drug-likeness (QED) is 0.139.